The van der Waals surface area contributed by atoms with Gasteiger partial charge in [0.15, 0.2) is 0 Å². The number of ether oxygens (including phenoxy) is 4. The van der Waals surface area contributed by atoms with Gasteiger partial charge in [-0.3, -0.25) is 0 Å². The van der Waals surface area contributed by atoms with Crippen molar-refractivity contribution in [2.75, 3.05) is 65.9 Å². The Morgan fingerprint density at radius 1 is 0.857 bits per heavy atom. The van der Waals surface area contributed by atoms with E-state index in [-0.39, 0.29) is 1.43 Å². The number of nitrogens with one attached hydrogen (secondary N) is 1. The Kier molecular flexibility index (Phi) is 16.9. The molecule has 5 heteroatoms. The first kappa shape index (κ1) is 20.4. The number of likely N-dealkylation sites (N-methyl/N-ethyl adjacent to an activating group) is 1. The molecular formula is C16H33NO4. The van der Waals surface area contributed by atoms with Gasteiger partial charge in [0.25, 0.3) is 0 Å². The fourth-order valence-electron chi connectivity index (χ4n) is 1.35. The van der Waals surface area contributed by atoms with Crippen molar-refractivity contribution >= 4 is 0 Å². The molecule has 0 spiro atoms. The van der Waals surface area contributed by atoms with E-state index in [0.717, 1.165) is 19.7 Å². The number of rotatable bonds is 14. The second kappa shape index (κ2) is 17.4. The van der Waals surface area contributed by atoms with Crippen LogP contribution in [0.5, 0.6) is 0 Å². The average molecular weight is 303 g/mol. The summed E-state index contributed by atoms with van der Waals surface area (Å²) < 4.78 is 21.4. The minimum absolute atomic E-state index is 0. The molecule has 0 bridgehead atoms. The van der Waals surface area contributed by atoms with Crippen molar-refractivity contribution in [1.82, 2.24) is 5.32 Å². The predicted octanol–water partition coefficient (Wildman–Crippen LogP) is 1.57. The Labute approximate surface area is 131 Å². The van der Waals surface area contributed by atoms with E-state index >= 15 is 0 Å². The minimum Gasteiger partial charge on any atom is -0.378 e. The van der Waals surface area contributed by atoms with Crippen molar-refractivity contribution < 1.29 is 20.4 Å². The van der Waals surface area contributed by atoms with Crippen LogP contribution in [0.1, 0.15) is 22.2 Å². The lowest BCUT2D eigenvalue weighted by Gasteiger charge is -2.07. The van der Waals surface area contributed by atoms with Crippen LogP contribution in [0.4, 0.5) is 0 Å². The summed E-state index contributed by atoms with van der Waals surface area (Å²) in [6.07, 6.45) is 0. The Morgan fingerprint density at radius 2 is 1.38 bits per heavy atom. The molecule has 0 rings (SSSR count). The van der Waals surface area contributed by atoms with Gasteiger partial charge in [0.1, 0.15) is 6.61 Å². The summed E-state index contributed by atoms with van der Waals surface area (Å²) in [6, 6.07) is 0. The molecule has 0 saturated heterocycles. The lowest BCUT2D eigenvalue weighted by atomic mass is 10.2. The highest BCUT2D eigenvalue weighted by molar-refractivity contribution is 5.01. The van der Waals surface area contributed by atoms with Crippen LogP contribution in [0.15, 0.2) is 0 Å². The van der Waals surface area contributed by atoms with Gasteiger partial charge in [0.05, 0.1) is 46.2 Å². The number of hydrogen-bond acceptors (Lipinski definition) is 5. The number of hydrogen-bond donors (Lipinski definition) is 1. The van der Waals surface area contributed by atoms with Crippen LogP contribution in [0, 0.1) is 17.8 Å². The van der Waals surface area contributed by atoms with E-state index in [1.807, 2.05) is 0 Å². The Hall–Kier alpha value is -0.640. The second-order valence-electron chi connectivity index (χ2n) is 4.72. The fourth-order valence-corrected chi connectivity index (χ4v) is 1.35. The first-order valence-electron chi connectivity index (χ1n) is 7.77. The monoisotopic (exact) mass is 303 g/mol. The van der Waals surface area contributed by atoms with E-state index in [2.05, 4.69) is 37.9 Å². The van der Waals surface area contributed by atoms with Gasteiger partial charge in [-0.2, -0.15) is 0 Å². The molecule has 0 fully saturated rings. The van der Waals surface area contributed by atoms with E-state index in [1.165, 1.54) is 0 Å². The maximum atomic E-state index is 5.38. The van der Waals surface area contributed by atoms with Crippen LogP contribution in [0.2, 0.25) is 0 Å². The largest absolute Gasteiger partial charge is 0.378 e. The maximum absolute atomic E-state index is 5.38. The van der Waals surface area contributed by atoms with E-state index in [0.29, 0.717) is 52.2 Å². The predicted molar refractivity (Wildman–Crippen MR) is 86.5 cm³/mol. The molecule has 0 aliphatic carbocycles. The van der Waals surface area contributed by atoms with Crippen LogP contribution in [-0.4, -0.2) is 65.9 Å². The zero-order valence-electron chi connectivity index (χ0n) is 13.8. The molecule has 0 heterocycles. The van der Waals surface area contributed by atoms with Crippen LogP contribution >= 0.6 is 0 Å². The summed E-state index contributed by atoms with van der Waals surface area (Å²) in [5.74, 6) is 6.40. The third-order valence-corrected chi connectivity index (χ3v) is 2.35. The molecule has 0 aromatic heterocycles. The quantitative estimate of drug-likeness (QED) is 0.390. The molecule has 0 unspecified atom stereocenters. The summed E-state index contributed by atoms with van der Waals surface area (Å²) in [4.78, 5) is 0. The standard InChI is InChI=1S/C16H31NO4.H2/c1-4-17-7-9-19-11-13-21-15-14-20-12-10-18-8-5-6-16(2)3;/h16-17H,4,7-15H2,1-3H3;1H. The highest BCUT2D eigenvalue weighted by Crippen LogP contribution is 1.86. The van der Waals surface area contributed by atoms with Crippen molar-refractivity contribution in [2.24, 2.45) is 5.92 Å². The third-order valence-electron chi connectivity index (χ3n) is 2.35. The average Bonchev–Trinajstić information content (AvgIpc) is 2.46. The van der Waals surface area contributed by atoms with Crippen molar-refractivity contribution in [1.29, 1.82) is 0 Å². The smallest absolute Gasteiger partial charge is 0.107 e. The molecule has 0 aliphatic rings. The Morgan fingerprint density at radius 3 is 1.90 bits per heavy atom. The van der Waals surface area contributed by atoms with E-state index in [4.69, 9.17) is 18.9 Å². The van der Waals surface area contributed by atoms with Crippen LogP contribution in [0.3, 0.4) is 0 Å². The molecule has 0 aromatic rings. The lowest BCUT2D eigenvalue weighted by molar-refractivity contribution is 0.00173. The molecule has 1 N–H and O–H groups in total. The summed E-state index contributed by atoms with van der Waals surface area (Å²) in [5.41, 5.74) is 0. The topological polar surface area (TPSA) is 49.0 Å². The zero-order chi connectivity index (χ0) is 15.6. The van der Waals surface area contributed by atoms with Gasteiger partial charge in [-0.25, -0.2) is 0 Å². The summed E-state index contributed by atoms with van der Waals surface area (Å²) >= 11 is 0. The maximum Gasteiger partial charge on any atom is 0.107 e. The molecule has 0 aromatic carbocycles. The summed E-state index contributed by atoms with van der Waals surface area (Å²) in [6.45, 7) is 12.8. The van der Waals surface area contributed by atoms with Gasteiger partial charge in [0.2, 0.25) is 0 Å². The Balaban J connectivity index is 0. The lowest BCUT2D eigenvalue weighted by Crippen LogP contribution is -2.20. The zero-order valence-corrected chi connectivity index (χ0v) is 13.8. The van der Waals surface area contributed by atoms with Gasteiger partial charge in [-0.1, -0.05) is 32.6 Å². The van der Waals surface area contributed by atoms with Crippen molar-refractivity contribution in [2.45, 2.75) is 20.8 Å². The first-order chi connectivity index (χ1) is 10.3. The minimum atomic E-state index is 0. The van der Waals surface area contributed by atoms with E-state index in [9.17, 15) is 0 Å². The highest BCUT2D eigenvalue weighted by atomic mass is 16.6. The van der Waals surface area contributed by atoms with Crippen LogP contribution in [-0.2, 0) is 18.9 Å². The molecule has 21 heavy (non-hydrogen) atoms. The van der Waals surface area contributed by atoms with Crippen molar-refractivity contribution in [3.8, 4) is 11.8 Å². The second-order valence-corrected chi connectivity index (χ2v) is 4.72. The molecule has 0 amide bonds. The first-order valence-corrected chi connectivity index (χ1v) is 7.77. The molecule has 0 radical (unpaired) electrons. The summed E-state index contributed by atoms with van der Waals surface area (Å²) in [7, 11) is 0. The highest BCUT2D eigenvalue weighted by Gasteiger charge is 1.92. The van der Waals surface area contributed by atoms with E-state index in [1.54, 1.807) is 0 Å². The van der Waals surface area contributed by atoms with Gasteiger partial charge in [-0.15, -0.1) is 0 Å². The normalized spacial score (nSPS) is 10.7. The van der Waals surface area contributed by atoms with Crippen LogP contribution < -0.4 is 5.32 Å². The third kappa shape index (κ3) is 19.4. The fraction of sp³-hybridized carbons (Fsp3) is 0.875. The summed E-state index contributed by atoms with van der Waals surface area (Å²) in [5, 5.41) is 3.19. The van der Waals surface area contributed by atoms with Crippen LogP contribution in [0.25, 0.3) is 0 Å². The molecule has 0 atom stereocenters. The van der Waals surface area contributed by atoms with Crippen molar-refractivity contribution in [3.05, 3.63) is 0 Å². The van der Waals surface area contributed by atoms with Gasteiger partial charge in [0, 0.05) is 13.9 Å². The molecule has 126 valence electrons. The molecule has 0 saturated carbocycles. The Bertz CT molecular complexity index is 267. The van der Waals surface area contributed by atoms with Gasteiger partial charge >= 0.3 is 0 Å². The van der Waals surface area contributed by atoms with Gasteiger partial charge in [-0.05, 0) is 6.54 Å². The molecular weight excluding hydrogens is 270 g/mol. The molecule has 0 aliphatic heterocycles. The van der Waals surface area contributed by atoms with Crippen molar-refractivity contribution in [3.63, 3.8) is 0 Å². The van der Waals surface area contributed by atoms with E-state index < -0.39 is 0 Å². The molecule has 5 nitrogen and oxygen atoms in total. The SMILES string of the molecule is CCNCCOCCOCCOCCOCC#CC(C)C.[HH]. The van der Waals surface area contributed by atoms with Gasteiger partial charge < -0.3 is 24.3 Å².